The van der Waals surface area contributed by atoms with Crippen LogP contribution in [0.25, 0.3) is 0 Å². The summed E-state index contributed by atoms with van der Waals surface area (Å²) in [5.41, 5.74) is 0. The molecule has 1 N–H and O–H groups in total. The zero-order valence-corrected chi connectivity index (χ0v) is 12.9. The van der Waals surface area contributed by atoms with Crippen LogP contribution in [0.3, 0.4) is 0 Å². The van der Waals surface area contributed by atoms with Crippen LogP contribution in [0.15, 0.2) is 0 Å². The van der Waals surface area contributed by atoms with E-state index >= 15 is 0 Å². The van der Waals surface area contributed by atoms with Crippen molar-refractivity contribution in [1.82, 2.24) is 5.32 Å². The molecule has 0 radical (unpaired) electrons. The second kappa shape index (κ2) is 8.47. The molecule has 0 spiro atoms. The van der Waals surface area contributed by atoms with Gasteiger partial charge < -0.3 is 5.32 Å². The van der Waals surface area contributed by atoms with E-state index in [-0.39, 0.29) is 0 Å². The molecule has 2 aliphatic rings. The Hall–Kier alpha value is 0.310. The molecule has 0 bridgehead atoms. The van der Waals surface area contributed by atoms with Gasteiger partial charge in [-0.2, -0.15) is 11.8 Å². The number of nitrogens with one attached hydrogen (secondary N) is 1. The molecular formula is C16H31NS. The van der Waals surface area contributed by atoms with Gasteiger partial charge in [-0.15, -0.1) is 0 Å². The smallest absolute Gasteiger partial charge is 0.0198 e. The maximum atomic E-state index is 3.92. The summed E-state index contributed by atoms with van der Waals surface area (Å²) in [6.07, 6.45) is 18.4. The third-order valence-corrected chi connectivity index (χ3v) is 6.07. The van der Waals surface area contributed by atoms with Crippen molar-refractivity contribution in [3.05, 3.63) is 0 Å². The molecule has 1 nitrogen and oxygen atoms in total. The highest BCUT2D eigenvalue weighted by Crippen LogP contribution is 2.28. The lowest BCUT2D eigenvalue weighted by atomic mass is 9.90. The van der Waals surface area contributed by atoms with Gasteiger partial charge in [0.05, 0.1) is 0 Å². The number of hydrogen-bond donors (Lipinski definition) is 1. The SMILES string of the molecule is CSC1CCCCC1NCC1CCCCCCC1. The molecule has 2 rings (SSSR count). The van der Waals surface area contributed by atoms with Gasteiger partial charge in [-0.3, -0.25) is 0 Å². The van der Waals surface area contributed by atoms with Gasteiger partial charge in [0.2, 0.25) is 0 Å². The van der Waals surface area contributed by atoms with Gasteiger partial charge >= 0.3 is 0 Å². The highest BCUT2D eigenvalue weighted by Gasteiger charge is 2.24. The van der Waals surface area contributed by atoms with E-state index in [1.165, 1.54) is 77.2 Å². The molecule has 0 aromatic heterocycles. The van der Waals surface area contributed by atoms with Gasteiger partial charge in [0.15, 0.2) is 0 Å². The summed E-state index contributed by atoms with van der Waals surface area (Å²) in [5, 5.41) is 4.80. The third kappa shape index (κ3) is 4.77. The molecule has 2 atom stereocenters. The van der Waals surface area contributed by atoms with Crippen molar-refractivity contribution in [1.29, 1.82) is 0 Å². The second-order valence-electron chi connectivity index (χ2n) is 6.28. The highest BCUT2D eigenvalue weighted by atomic mass is 32.2. The van der Waals surface area contributed by atoms with Crippen LogP contribution in [0.2, 0.25) is 0 Å². The van der Waals surface area contributed by atoms with Crippen molar-refractivity contribution in [3.63, 3.8) is 0 Å². The topological polar surface area (TPSA) is 12.0 Å². The molecule has 0 aromatic rings. The maximum absolute atomic E-state index is 3.92. The van der Waals surface area contributed by atoms with Crippen LogP contribution in [0.1, 0.15) is 70.6 Å². The average molecular weight is 269 g/mol. The maximum Gasteiger partial charge on any atom is 0.0198 e. The fourth-order valence-electron chi connectivity index (χ4n) is 3.68. The average Bonchev–Trinajstić information content (AvgIpc) is 2.38. The van der Waals surface area contributed by atoms with E-state index in [1.54, 1.807) is 0 Å². The van der Waals surface area contributed by atoms with Crippen LogP contribution < -0.4 is 5.32 Å². The number of thioether (sulfide) groups is 1. The van der Waals surface area contributed by atoms with Crippen molar-refractivity contribution in [2.45, 2.75) is 81.9 Å². The van der Waals surface area contributed by atoms with Crippen LogP contribution in [0, 0.1) is 5.92 Å². The summed E-state index contributed by atoms with van der Waals surface area (Å²) in [7, 11) is 0. The summed E-state index contributed by atoms with van der Waals surface area (Å²) in [4.78, 5) is 0. The largest absolute Gasteiger partial charge is 0.313 e. The van der Waals surface area contributed by atoms with Crippen molar-refractivity contribution in [2.75, 3.05) is 12.8 Å². The molecule has 18 heavy (non-hydrogen) atoms. The Morgan fingerprint density at radius 3 is 2.17 bits per heavy atom. The Labute approximate surface area is 118 Å². The second-order valence-corrected chi connectivity index (χ2v) is 7.36. The molecule has 2 aliphatic carbocycles. The molecule has 0 heterocycles. The van der Waals surface area contributed by atoms with Gasteiger partial charge in [-0.25, -0.2) is 0 Å². The first-order chi connectivity index (χ1) is 8.90. The van der Waals surface area contributed by atoms with Crippen molar-refractivity contribution in [2.24, 2.45) is 5.92 Å². The lowest BCUT2D eigenvalue weighted by Gasteiger charge is -2.32. The number of rotatable bonds is 4. The molecular weight excluding hydrogens is 238 g/mol. The minimum Gasteiger partial charge on any atom is -0.313 e. The molecule has 2 saturated carbocycles. The Kier molecular flexibility index (Phi) is 6.93. The minimum atomic E-state index is 0.805. The fraction of sp³-hybridized carbons (Fsp3) is 1.00. The molecule has 2 heteroatoms. The molecule has 0 aliphatic heterocycles. The normalized spacial score (nSPS) is 31.8. The van der Waals surface area contributed by atoms with Crippen molar-refractivity contribution < 1.29 is 0 Å². The zero-order valence-electron chi connectivity index (χ0n) is 12.1. The van der Waals surface area contributed by atoms with E-state index in [0.717, 1.165) is 17.2 Å². The first-order valence-electron chi connectivity index (χ1n) is 8.16. The van der Waals surface area contributed by atoms with Gasteiger partial charge in [0.25, 0.3) is 0 Å². The standard InChI is InChI=1S/C16H31NS/c1-18-16-12-8-7-11-15(16)17-13-14-9-5-3-2-4-6-10-14/h14-17H,2-13H2,1H3. The van der Waals surface area contributed by atoms with E-state index < -0.39 is 0 Å². The highest BCUT2D eigenvalue weighted by molar-refractivity contribution is 7.99. The Morgan fingerprint density at radius 1 is 0.833 bits per heavy atom. The van der Waals surface area contributed by atoms with E-state index in [4.69, 9.17) is 0 Å². The summed E-state index contributed by atoms with van der Waals surface area (Å²) in [6, 6.07) is 0.805. The molecule has 0 amide bonds. The van der Waals surface area contributed by atoms with Crippen molar-refractivity contribution in [3.8, 4) is 0 Å². The van der Waals surface area contributed by atoms with Crippen LogP contribution >= 0.6 is 11.8 Å². The number of hydrogen-bond acceptors (Lipinski definition) is 2. The molecule has 106 valence electrons. The lowest BCUT2D eigenvalue weighted by Crippen LogP contribution is -2.42. The monoisotopic (exact) mass is 269 g/mol. The quantitative estimate of drug-likeness (QED) is 0.800. The Balaban J connectivity index is 1.71. The van der Waals surface area contributed by atoms with Crippen molar-refractivity contribution >= 4 is 11.8 Å². The predicted octanol–water partition coefficient (Wildman–Crippen LogP) is 4.61. The first kappa shape index (κ1) is 14.7. The lowest BCUT2D eigenvalue weighted by molar-refractivity contribution is 0.316. The van der Waals surface area contributed by atoms with Crippen LogP contribution in [-0.4, -0.2) is 24.1 Å². The summed E-state index contributed by atoms with van der Waals surface area (Å²) in [6.45, 7) is 1.29. The molecule has 2 unspecified atom stereocenters. The summed E-state index contributed by atoms with van der Waals surface area (Å²) in [5.74, 6) is 0.967. The summed E-state index contributed by atoms with van der Waals surface area (Å²) < 4.78 is 0. The van der Waals surface area contributed by atoms with E-state index in [2.05, 4.69) is 23.3 Å². The molecule has 2 fully saturated rings. The van der Waals surface area contributed by atoms with Gasteiger partial charge in [-0.05, 0) is 44.4 Å². The van der Waals surface area contributed by atoms with Gasteiger partial charge in [0.1, 0.15) is 0 Å². The minimum absolute atomic E-state index is 0.805. The van der Waals surface area contributed by atoms with E-state index in [0.29, 0.717) is 0 Å². The van der Waals surface area contributed by atoms with Gasteiger partial charge in [0, 0.05) is 11.3 Å². The first-order valence-corrected chi connectivity index (χ1v) is 9.45. The van der Waals surface area contributed by atoms with E-state index in [1.807, 2.05) is 0 Å². The van der Waals surface area contributed by atoms with Crippen LogP contribution in [0.4, 0.5) is 0 Å². The van der Waals surface area contributed by atoms with Gasteiger partial charge in [-0.1, -0.05) is 44.9 Å². The molecule has 0 saturated heterocycles. The Morgan fingerprint density at radius 2 is 1.44 bits per heavy atom. The van der Waals surface area contributed by atoms with Crippen LogP contribution in [0.5, 0.6) is 0 Å². The third-order valence-electron chi connectivity index (χ3n) is 4.90. The Bertz CT molecular complexity index is 211. The molecule has 0 aromatic carbocycles. The zero-order chi connectivity index (χ0) is 12.6. The van der Waals surface area contributed by atoms with Crippen LogP contribution in [-0.2, 0) is 0 Å². The fourth-order valence-corrected chi connectivity index (χ4v) is 4.64. The van der Waals surface area contributed by atoms with E-state index in [9.17, 15) is 0 Å². The summed E-state index contributed by atoms with van der Waals surface area (Å²) >= 11 is 2.09. The predicted molar refractivity (Wildman–Crippen MR) is 83.4 cm³/mol.